The summed E-state index contributed by atoms with van der Waals surface area (Å²) in [5.74, 6) is -0.860. The Morgan fingerprint density at radius 2 is 2.00 bits per heavy atom. The number of piperazine rings is 1. The van der Waals surface area contributed by atoms with Crippen molar-refractivity contribution in [3.8, 4) is 0 Å². The van der Waals surface area contributed by atoms with Gasteiger partial charge in [-0.3, -0.25) is 14.4 Å². The van der Waals surface area contributed by atoms with E-state index in [0.29, 0.717) is 6.42 Å². The van der Waals surface area contributed by atoms with Crippen molar-refractivity contribution in [2.75, 3.05) is 6.26 Å². The molecule has 7 nitrogen and oxygen atoms in total. The van der Waals surface area contributed by atoms with E-state index in [-0.39, 0.29) is 35.7 Å². The summed E-state index contributed by atoms with van der Waals surface area (Å²) >= 11 is 2.59. The van der Waals surface area contributed by atoms with Crippen molar-refractivity contribution in [3.05, 3.63) is 23.8 Å². The van der Waals surface area contributed by atoms with Gasteiger partial charge in [0.15, 0.2) is 9.74 Å². The van der Waals surface area contributed by atoms with Crippen LogP contribution in [0.15, 0.2) is 23.8 Å². The Bertz CT molecular complexity index is 905. The topological polar surface area (TPSA) is 98.2 Å². The number of amides is 2. The number of aliphatic hydroxyl groups excluding tert-OH is 2. The standard InChI is InChI=1S/C19H20N2O5S2/c1-27-18-6-8-3-2-4-10(22)13(8)20(18)17(26)19-7-9-11(23)5-12(28-19)15(24)14(9)21(19)16(18)25/h2-4,9-10,12-15,22,24H,5-7H2,1H3/t9-,10-,12+,13-,14-,15-,18+,19+/m0/s1. The van der Waals surface area contributed by atoms with E-state index < -0.39 is 40.0 Å². The van der Waals surface area contributed by atoms with Gasteiger partial charge in [-0.05, 0) is 11.8 Å². The van der Waals surface area contributed by atoms with Crippen LogP contribution in [0, 0.1) is 5.92 Å². The van der Waals surface area contributed by atoms with Gasteiger partial charge in [0, 0.05) is 30.4 Å². The maximum atomic E-state index is 14.0. The molecule has 3 bridgehead atoms. The molecule has 2 aliphatic carbocycles. The smallest absolute Gasteiger partial charge is 0.261 e. The number of allylic oxidation sites excluding steroid dienone is 2. The molecule has 9 heteroatoms. The number of thioether (sulfide) groups is 2. The molecule has 0 spiro atoms. The van der Waals surface area contributed by atoms with Crippen LogP contribution in [0.1, 0.15) is 19.3 Å². The fourth-order valence-electron chi connectivity index (χ4n) is 6.22. The number of rotatable bonds is 1. The molecule has 2 amide bonds. The fraction of sp³-hybridized carbons (Fsp3) is 0.632. The monoisotopic (exact) mass is 420 g/mol. The first-order valence-electron chi connectivity index (χ1n) is 9.52. The van der Waals surface area contributed by atoms with Crippen LogP contribution < -0.4 is 0 Å². The first-order chi connectivity index (χ1) is 13.4. The molecule has 5 fully saturated rings. The third-order valence-corrected chi connectivity index (χ3v) is 10.2. The van der Waals surface area contributed by atoms with Gasteiger partial charge in [-0.15, -0.1) is 23.5 Å². The molecule has 6 aliphatic rings. The van der Waals surface area contributed by atoms with Crippen molar-refractivity contribution >= 4 is 41.1 Å². The van der Waals surface area contributed by atoms with Crippen molar-refractivity contribution in [1.82, 2.24) is 9.80 Å². The molecule has 1 saturated carbocycles. The predicted octanol–water partition coefficient (Wildman–Crippen LogP) is -0.120. The van der Waals surface area contributed by atoms with E-state index in [9.17, 15) is 24.6 Å². The molecule has 0 aromatic carbocycles. The highest BCUT2D eigenvalue weighted by Crippen LogP contribution is 2.64. The minimum atomic E-state index is -1.14. The Morgan fingerprint density at radius 3 is 2.75 bits per heavy atom. The molecule has 4 heterocycles. The van der Waals surface area contributed by atoms with Gasteiger partial charge in [-0.2, -0.15) is 0 Å². The molecule has 148 valence electrons. The summed E-state index contributed by atoms with van der Waals surface area (Å²) in [5, 5.41) is 21.1. The molecule has 0 unspecified atom stereocenters. The van der Waals surface area contributed by atoms with Gasteiger partial charge in [-0.1, -0.05) is 18.2 Å². The average Bonchev–Trinajstić information content (AvgIpc) is 3.12. The van der Waals surface area contributed by atoms with E-state index in [2.05, 4.69) is 0 Å². The summed E-state index contributed by atoms with van der Waals surface area (Å²) in [7, 11) is 0. The van der Waals surface area contributed by atoms with Crippen LogP contribution in [0.4, 0.5) is 0 Å². The molecular weight excluding hydrogens is 400 g/mol. The quantitative estimate of drug-likeness (QED) is 0.610. The Labute approximate surface area is 170 Å². The van der Waals surface area contributed by atoms with Crippen molar-refractivity contribution < 1.29 is 24.6 Å². The summed E-state index contributed by atoms with van der Waals surface area (Å²) in [5.41, 5.74) is 0.878. The van der Waals surface area contributed by atoms with Crippen molar-refractivity contribution in [3.63, 3.8) is 0 Å². The highest BCUT2D eigenvalue weighted by molar-refractivity contribution is 8.02. The van der Waals surface area contributed by atoms with Gasteiger partial charge < -0.3 is 20.0 Å². The fourth-order valence-corrected chi connectivity index (χ4v) is 9.04. The summed E-state index contributed by atoms with van der Waals surface area (Å²) in [6, 6.07) is -1.17. The maximum absolute atomic E-state index is 14.0. The third-order valence-electron chi connectivity index (χ3n) is 7.37. The number of aliphatic hydroxyl groups is 2. The number of hydrogen-bond acceptors (Lipinski definition) is 7. The third kappa shape index (κ3) is 1.69. The lowest BCUT2D eigenvalue weighted by Crippen LogP contribution is -2.77. The zero-order chi connectivity index (χ0) is 19.6. The SMILES string of the molecule is CS[C@@]12CC3=CC=C[C@H](O)[C@H]3N1C(=O)[C@@]13C[C@H]4C(=O)C[C@@H](S1)[C@H](O)[C@H]4N3C2=O. The first kappa shape index (κ1) is 17.6. The van der Waals surface area contributed by atoms with Crippen LogP contribution >= 0.6 is 23.5 Å². The lowest BCUT2D eigenvalue weighted by atomic mass is 9.81. The van der Waals surface area contributed by atoms with Crippen LogP contribution in [0.2, 0.25) is 0 Å². The lowest BCUT2D eigenvalue weighted by molar-refractivity contribution is -0.170. The molecule has 0 radical (unpaired) electrons. The second kappa shape index (κ2) is 5.24. The van der Waals surface area contributed by atoms with Gasteiger partial charge >= 0.3 is 0 Å². The van der Waals surface area contributed by atoms with E-state index in [1.54, 1.807) is 28.2 Å². The van der Waals surface area contributed by atoms with Crippen molar-refractivity contribution in [2.45, 2.75) is 58.5 Å². The minimum Gasteiger partial charge on any atom is -0.390 e. The van der Waals surface area contributed by atoms with Crippen LogP contribution in [0.25, 0.3) is 0 Å². The molecule has 0 aromatic heterocycles. The normalized spacial score (nSPS) is 50.7. The minimum absolute atomic E-state index is 0.0410. The number of ketones is 1. The summed E-state index contributed by atoms with van der Waals surface area (Å²) < 4.78 is 0. The number of Topliss-reactive ketones (excluding diaryl/α,β-unsaturated/α-hetero) is 1. The lowest BCUT2D eigenvalue weighted by Gasteiger charge is -2.58. The van der Waals surface area contributed by atoms with Crippen molar-refractivity contribution in [1.29, 1.82) is 0 Å². The Balaban J connectivity index is 1.55. The number of fused-ring (bicyclic) bond motifs is 4. The maximum Gasteiger partial charge on any atom is 0.261 e. The van der Waals surface area contributed by atoms with Gasteiger partial charge in [0.1, 0.15) is 5.78 Å². The van der Waals surface area contributed by atoms with E-state index in [4.69, 9.17) is 0 Å². The molecule has 0 aromatic rings. The molecule has 4 aliphatic heterocycles. The molecule has 4 saturated heterocycles. The number of nitrogens with zero attached hydrogens (tertiary/aromatic N) is 2. The second-order valence-electron chi connectivity index (χ2n) is 8.48. The van der Waals surface area contributed by atoms with Gasteiger partial charge in [0.2, 0.25) is 0 Å². The van der Waals surface area contributed by atoms with Crippen LogP contribution in [0.3, 0.4) is 0 Å². The molecule has 2 N–H and O–H groups in total. The number of carbonyl (C=O) groups excluding carboxylic acids is 3. The molecule has 8 atom stereocenters. The van der Waals surface area contributed by atoms with E-state index >= 15 is 0 Å². The Kier molecular flexibility index (Phi) is 3.29. The van der Waals surface area contributed by atoms with Crippen LogP contribution in [0.5, 0.6) is 0 Å². The highest BCUT2D eigenvalue weighted by atomic mass is 32.2. The molecular formula is C19H20N2O5S2. The van der Waals surface area contributed by atoms with Crippen LogP contribution in [-0.4, -0.2) is 83.1 Å². The molecule has 28 heavy (non-hydrogen) atoms. The Morgan fingerprint density at radius 1 is 1.21 bits per heavy atom. The number of hydrogen-bond donors (Lipinski definition) is 2. The molecule has 6 rings (SSSR count). The van der Waals surface area contributed by atoms with E-state index in [0.717, 1.165) is 5.57 Å². The predicted molar refractivity (Wildman–Crippen MR) is 103 cm³/mol. The second-order valence-corrected chi connectivity index (χ2v) is 11.1. The van der Waals surface area contributed by atoms with E-state index in [1.807, 2.05) is 6.08 Å². The summed E-state index contributed by atoms with van der Waals surface area (Å²) in [4.78, 5) is 41.5. The summed E-state index contributed by atoms with van der Waals surface area (Å²) in [6.45, 7) is 0. The average molecular weight is 421 g/mol. The van der Waals surface area contributed by atoms with Gasteiger partial charge in [0.05, 0.1) is 24.3 Å². The zero-order valence-corrected chi connectivity index (χ0v) is 16.8. The van der Waals surface area contributed by atoms with Crippen LogP contribution in [-0.2, 0) is 14.4 Å². The highest BCUT2D eigenvalue weighted by Gasteiger charge is 2.77. The number of carbonyl (C=O) groups is 3. The summed E-state index contributed by atoms with van der Waals surface area (Å²) in [6.07, 6.45) is 6.33. The zero-order valence-electron chi connectivity index (χ0n) is 15.1. The van der Waals surface area contributed by atoms with Gasteiger partial charge in [-0.25, -0.2) is 0 Å². The van der Waals surface area contributed by atoms with Gasteiger partial charge in [0.25, 0.3) is 11.8 Å². The first-order valence-corrected chi connectivity index (χ1v) is 11.6. The van der Waals surface area contributed by atoms with Crippen molar-refractivity contribution in [2.24, 2.45) is 5.92 Å². The largest absolute Gasteiger partial charge is 0.390 e. The Hall–Kier alpha value is -1.29. The van der Waals surface area contributed by atoms with E-state index in [1.165, 1.54) is 23.5 Å².